The number of aromatic nitrogens is 1. The Morgan fingerprint density at radius 3 is 2.41 bits per heavy atom. The Morgan fingerprint density at radius 1 is 1.47 bits per heavy atom. The molecule has 1 aromatic heterocycles. The SMILES string of the molecule is CC(=O)N(CC(C)C)c1nc(C)c(C(=O)O)s1. The molecule has 1 heterocycles. The number of hydrogen-bond acceptors (Lipinski definition) is 4. The quantitative estimate of drug-likeness (QED) is 0.896. The Hall–Kier alpha value is -1.43. The van der Waals surface area contributed by atoms with Gasteiger partial charge in [-0.15, -0.1) is 0 Å². The first-order chi connectivity index (χ1) is 7.82. The molecule has 0 saturated carbocycles. The normalized spacial score (nSPS) is 10.6. The number of aryl methyl sites for hydroxylation is 1. The van der Waals surface area contributed by atoms with Gasteiger partial charge in [-0.05, 0) is 12.8 Å². The second-order valence-corrected chi connectivity index (χ2v) is 5.22. The summed E-state index contributed by atoms with van der Waals surface area (Å²) >= 11 is 1.04. The Bertz CT molecular complexity index is 440. The van der Waals surface area contributed by atoms with E-state index in [0.717, 1.165) is 11.3 Å². The second-order valence-electron chi connectivity index (χ2n) is 4.24. The maximum absolute atomic E-state index is 11.5. The van der Waals surface area contributed by atoms with Crippen molar-refractivity contribution in [3.8, 4) is 0 Å². The average Bonchev–Trinajstić information content (AvgIpc) is 2.55. The molecule has 1 rings (SSSR count). The number of carboxylic acid groups (broad SMARTS) is 1. The summed E-state index contributed by atoms with van der Waals surface area (Å²) in [6, 6.07) is 0. The van der Waals surface area contributed by atoms with Crippen molar-refractivity contribution < 1.29 is 14.7 Å². The Labute approximate surface area is 104 Å². The summed E-state index contributed by atoms with van der Waals surface area (Å²) < 4.78 is 0. The lowest BCUT2D eigenvalue weighted by molar-refractivity contribution is -0.116. The van der Waals surface area contributed by atoms with Crippen LogP contribution in [0.25, 0.3) is 0 Å². The van der Waals surface area contributed by atoms with Crippen LogP contribution in [-0.2, 0) is 4.79 Å². The van der Waals surface area contributed by atoms with Gasteiger partial charge >= 0.3 is 5.97 Å². The van der Waals surface area contributed by atoms with E-state index in [1.54, 1.807) is 6.92 Å². The average molecular weight is 256 g/mol. The minimum Gasteiger partial charge on any atom is -0.477 e. The molecule has 0 spiro atoms. The summed E-state index contributed by atoms with van der Waals surface area (Å²) in [4.78, 5) is 28.3. The summed E-state index contributed by atoms with van der Waals surface area (Å²) in [5.41, 5.74) is 0.451. The number of anilines is 1. The van der Waals surface area contributed by atoms with Crippen LogP contribution in [0.4, 0.5) is 5.13 Å². The Kier molecular flexibility index (Phi) is 4.22. The van der Waals surface area contributed by atoms with E-state index < -0.39 is 5.97 Å². The summed E-state index contributed by atoms with van der Waals surface area (Å²) in [6.45, 7) is 7.63. The molecule has 1 N–H and O–H groups in total. The van der Waals surface area contributed by atoms with Crippen LogP contribution in [0.3, 0.4) is 0 Å². The van der Waals surface area contributed by atoms with Crippen LogP contribution in [-0.4, -0.2) is 28.5 Å². The molecule has 0 aliphatic rings. The molecule has 5 nitrogen and oxygen atoms in total. The van der Waals surface area contributed by atoms with Gasteiger partial charge in [0.2, 0.25) is 5.91 Å². The fourth-order valence-electron chi connectivity index (χ4n) is 1.40. The van der Waals surface area contributed by atoms with Gasteiger partial charge in [-0.2, -0.15) is 0 Å². The monoisotopic (exact) mass is 256 g/mol. The van der Waals surface area contributed by atoms with Gasteiger partial charge in [-0.25, -0.2) is 9.78 Å². The predicted octanol–water partition coefficient (Wildman–Crippen LogP) is 2.16. The van der Waals surface area contributed by atoms with E-state index in [2.05, 4.69) is 4.98 Å². The number of rotatable bonds is 4. The van der Waals surface area contributed by atoms with E-state index in [-0.39, 0.29) is 10.8 Å². The van der Waals surface area contributed by atoms with Gasteiger partial charge < -0.3 is 5.11 Å². The highest BCUT2D eigenvalue weighted by atomic mass is 32.1. The van der Waals surface area contributed by atoms with Crippen molar-refractivity contribution in [2.75, 3.05) is 11.4 Å². The van der Waals surface area contributed by atoms with Crippen LogP contribution in [0.2, 0.25) is 0 Å². The molecule has 0 radical (unpaired) electrons. The molecule has 1 aromatic rings. The van der Waals surface area contributed by atoms with Crippen molar-refractivity contribution in [2.24, 2.45) is 5.92 Å². The first kappa shape index (κ1) is 13.6. The molecule has 1 amide bonds. The molecule has 0 fully saturated rings. The molecule has 94 valence electrons. The topological polar surface area (TPSA) is 70.5 Å². The lowest BCUT2D eigenvalue weighted by atomic mass is 10.2. The van der Waals surface area contributed by atoms with Gasteiger partial charge in [0.25, 0.3) is 0 Å². The van der Waals surface area contributed by atoms with Crippen LogP contribution in [0.5, 0.6) is 0 Å². The largest absolute Gasteiger partial charge is 0.477 e. The molecule has 17 heavy (non-hydrogen) atoms. The van der Waals surface area contributed by atoms with Crippen LogP contribution >= 0.6 is 11.3 Å². The van der Waals surface area contributed by atoms with Crippen molar-refractivity contribution in [2.45, 2.75) is 27.7 Å². The predicted molar refractivity (Wildman–Crippen MR) is 66.7 cm³/mol. The molecule has 0 unspecified atom stereocenters. The third-order valence-electron chi connectivity index (χ3n) is 2.14. The van der Waals surface area contributed by atoms with E-state index in [1.165, 1.54) is 11.8 Å². The summed E-state index contributed by atoms with van der Waals surface area (Å²) in [6.07, 6.45) is 0. The van der Waals surface area contributed by atoms with Gasteiger partial charge in [-0.3, -0.25) is 9.69 Å². The number of amides is 1. The van der Waals surface area contributed by atoms with Crippen molar-refractivity contribution in [1.29, 1.82) is 0 Å². The van der Waals surface area contributed by atoms with Crippen LogP contribution < -0.4 is 4.90 Å². The maximum Gasteiger partial charge on any atom is 0.347 e. The molecule has 6 heteroatoms. The minimum absolute atomic E-state index is 0.121. The lowest BCUT2D eigenvalue weighted by Gasteiger charge is -2.19. The number of carbonyl (C=O) groups is 2. The second kappa shape index (κ2) is 5.27. The number of hydrogen-bond donors (Lipinski definition) is 1. The number of carbonyl (C=O) groups excluding carboxylic acids is 1. The van der Waals surface area contributed by atoms with Crippen molar-refractivity contribution in [1.82, 2.24) is 4.98 Å². The molecular formula is C11H16N2O3S. The third kappa shape index (κ3) is 3.26. The van der Waals surface area contributed by atoms with Crippen LogP contribution in [0.15, 0.2) is 0 Å². The van der Waals surface area contributed by atoms with Gasteiger partial charge in [0.15, 0.2) is 5.13 Å². The van der Waals surface area contributed by atoms with E-state index in [0.29, 0.717) is 23.3 Å². The van der Waals surface area contributed by atoms with E-state index in [9.17, 15) is 9.59 Å². The smallest absolute Gasteiger partial charge is 0.347 e. The number of thiazole rings is 1. The Morgan fingerprint density at radius 2 is 2.06 bits per heavy atom. The van der Waals surface area contributed by atoms with Crippen molar-refractivity contribution in [3.63, 3.8) is 0 Å². The maximum atomic E-state index is 11.5. The van der Waals surface area contributed by atoms with Crippen molar-refractivity contribution >= 4 is 28.3 Å². The standard InChI is InChI=1S/C11H16N2O3S/c1-6(2)5-13(8(4)14)11-12-7(3)9(17-11)10(15)16/h6H,5H2,1-4H3,(H,15,16). The highest BCUT2D eigenvalue weighted by Crippen LogP contribution is 2.26. The lowest BCUT2D eigenvalue weighted by Crippen LogP contribution is -2.32. The molecule has 0 aromatic carbocycles. The summed E-state index contributed by atoms with van der Waals surface area (Å²) in [5, 5.41) is 9.41. The van der Waals surface area contributed by atoms with Gasteiger partial charge in [0.1, 0.15) is 4.88 Å². The molecule has 0 bridgehead atoms. The summed E-state index contributed by atoms with van der Waals surface area (Å²) in [5.74, 6) is -0.819. The van der Waals surface area contributed by atoms with Crippen molar-refractivity contribution in [3.05, 3.63) is 10.6 Å². The highest BCUT2D eigenvalue weighted by molar-refractivity contribution is 7.17. The van der Waals surface area contributed by atoms with Gasteiger partial charge in [0.05, 0.1) is 5.69 Å². The zero-order chi connectivity index (χ0) is 13.2. The fourth-order valence-corrected chi connectivity index (χ4v) is 2.36. The third-order valence-corrected chi connectivity index (χ3v) is 3.31. The van der Waals surface area contributed by atoms with E-state index in [1.807, 2.05) is 13.8 Å². The first-order valence-electron chi connectivity index (χ1n) is 5.31. The van der Waals surface area contributed by atoms with Gasteiger partial charge in [-0.1, -0.05) is 25.2 Å². The summed E-state index contributed by atoms with van der Waals surface area (Å²) in [7, 11) is 0. The minimum atomic E-state index is -1.00. The van der Waals surface area contributed by atoms with E-state index >= 15 is 0 Å². The molecule has 0 aliphatic heterocycles. The van der Waals surface area contributed by atoms with Crippen LogP contribution in [0, 0.1) is 12.8 Å². The molecule has 0 atom stereocenters. The molecule has 0 saturated heterocycles. The van der Waals surface area contributed by atoms with Crippen LogP contribution in [0.1, 0.15) is 36.1 Å². The zero-order valence-corrected chi connectivity index (χ0v) is 11.2. The van der Waals surface area contributed by atoms with Gasteiger partial charge in [0, 0.05) is 13.5 Å². The molecule has 0 aliphatic carbocycles. The fraction of sp³-hybridized carbons (Fsp3) is 0.545. The zero-order valence-electron chi connectivity index (χ0n) is 10.4. The Balaban J connectivity index is 3.07. The first-order valence-corrected chi connectivity index (χ1v) is 6.13. The van der Waals surface area contributed by atoms with E-state index in [4.69, 9.17) is 5.11 Å². The molecular weight excluding hydrogens is 240 g/mol. The number of nitrogens with zero attached hydrogens (tertiary/aromatic N) is 2. The number of aromatic carboxylic acids is 1. The number of carboxylic acids is 1. The highest BCUT2D eigenvalue weighted by Gasteiger charge is 2.21.